The Morgan fingerprint density at radius 1 is 1.07 bits per heavy atom. The zero-order chi connectivity index (χ0) is 9.97. The van der Waals surface area contributed by atoms with Crippen LogP contribution in [0.1, 0.15) is 5.56 Å². The summed E-state index contributed by atoms with van der Waals surface area (Å²) in [7, 11) is 0. The molecule has 0 spiro atoms. The van der Waals surface area contributed by atoms with Gasteiger partial charge in [-0.25, -0.2) is 0 Å². The lowest BCUT2D eigenvalue weighted by molar-refractivity contribution is 0.0572. The van der Waals surface area contributed by atoms with Gasteiger partial charge in [0, 0.05) is 19.6 Å². The summed E-state index contributed by atoms with van der Waals surface area (Å²) in [6.45, 7) is 1.93. The van der Waals surface area contributed by atoms with E-state index < -0.39 is 12.2 Å². The molecule has 0 aromatic heterocycles. The average molecular weight is 230 g/mol. The number of β-amino-alcohol motifs (C(OH)–C–C–N with tert-alkyl or cyclic N) is 2. The molecule has 0 amide bonds. The van der Waals surface area contributed by atoms with Crippen LogP contribution < -0.4 is 0 Å². The minimum atomic E-state index is -0.585. The Bertz CT molecular complexity index is 284. The fraction of sp³-hybridized carbons (Fsp3) is 0.455. The Morgan fingerprint density at radius 2 is 1.60 bits per heavy atom. The summed E-state index contributed by atoms with van der Waals surface area (Å²) in [4.78, 5) is 2.06. The number of hydrogen-bond donors (Lipinski definition) is 2. The Labute approximate surface area is 95.8 Å². The molecule has 0 bridgehead atoms. The summed E-state index contributed by atoms with van der Waals surface area (Å²) in [5.41, 5.74) is 1.22. The molecule has 0 saturated carbocycles. The van der Waals surface area contributed by atoms with Gasteiger partial charge in [0.1, 0.15) is 0 Å². The van der Waals surface area contributed by atoms with E-state index in [-0.39, 0.29) is 12.4 Å². The van der Waals surface area contributed by atoms with Crippen molar-refractivity contribution in [1.82, 2.24) is 4.90 Å². The smallest absolute Gasteiger partial charge is 0.0938 e. The fourth-order valence-corrected chi connectivity index (χ4v) is 1.82. The van der Waals surface area contributed by atoms with E-state index in [0.717, 1.165) is 6.54 Å². The molecule has 3 nitrogen and oxygen atoms in total. The first-order chi connectivity index (χ1) is 6.75. The highest BCUT2D eigenvalue weighted by molar-refractivity contribution is 5.85. The molecule has 1 aliphatic rings. The van der Waals surface area contributed by atoms with Crippen molar-refractivity contribution < 1.29 is 10.2 Å². The molecular formula is C11H16ClNO2. The minimum absolute atomic E-state index is 0. The lowest BCUT2D eigenvalue weighted by atomic mass is 10.2. The summed E-state index contributed by atoms with van der Waals surface area (Å²) < 4.78 is 0. The van der Waals surface area contributed by atoms with E-state index in [1.165, 1.54) is 5.56 Å². The SMILES string of the molecule is Cl.O[C@@H]1CN(Cc2ccccc2)C[C@H]1O. The number of halogens is 1. The molecule has 2 rings (SSSR count). The van der Waals surface area contributed by atoms with Crippen molar-refractivity contribution in [1.29, 1.82) is 0 Å². The molecule has 84 valence electrons. The second kappa shape index (κ2) is 5.47. The summed E-state index contributed by atoms with van der Waals surface area (Å²) in [6.07, 6.45) is -1.17. The Kier molecular flexibility index (Phi) is 4.54. The van der Waals surface area contributed by atoms with Crippen LogP contribution in [0.2, 0.25) is 0 Å². The maximum atomic E-state index is 9.35. The monoisotopic (exact) mass is 229 g/mol. The molecule has 1 aromatic carbocycles. The van der Waals surface area contributed by atoms with Crippen molar-refractivity contribution in [2.75, 3.05) is 13.1 Å². The summed E-state index contributed by atoms with van der Waals surface area (Å²) in [5, 5.41) is 18.7. The molecule has 15 heavy (non-hydrogen) atoms. The maximum absolute atomic E-state index is 9.35. The number of rotatable bonds is 2. The molecule has 0 unspecified atom stereocenters. The fourth-order valence-electron chi connectivity index (χ4n) is 1.82. The first-order valence-electron chi connectivity index (χ1n) is 4.88. The average Bonchev–Trinajstić information content (AvgIpc) is 2.47. The number of hydrogen-bond acceptors (Lipinski definition) is 3. The molecule has 1 fully saturated rings. The Hall–Kier alpha value is -0.610. The first kappa shape index (κ1) is 12.5. The van der Waals surface area contributed by atoms with Gasteiger partial charge in [0.15, 0.2) is 0 Å². The van der Waals surface area contributed by atoms with Gasteiger partial charge >= 0.3 is 0 Å². The van der Waals surface area contributed by atoms with E-state index >= 15 is 0 Å². The van der Waals surface area contributed by atoms with Crippen molar-refractivity contribution >= 4 is 12.4 Å². The number of likely N-dealkylation sites (tertiary alicyclic amines) is 1. The minimum Gasteiger partial charge on any atom is -0.389 e. The molecule has 2 atom stereocenters. The lowest BCUT2D eigenvalue weighted by Crippen LogP contribution is -2.22. The number of aliphatic hydroxyl groups is 2. The molecule has 0 radical (unpaired) electrons. The zero-order valence-corrected chi connectivity index (χ0v) is 9.23. The highest BCUT2D eigenvalue weighted by Crippen LogP contribution is 2.13. The van der Waals surface area contributed by atoms with Crippen molar-refractivity contribution in [2.45, 2.75) is 18.8 Å². The Morgan fingerprint density at radius 3 is 2.13 bits per heavy atom. The molecular weight excluding hydrogens is 214 g/mol. The van der Waals surface area contributed by atoms with E-state index in [2.05, 4.69) is 17.0 Å². The van der Waals surface area contributed by atoms with Gasteiger partial charge < -0.3 is 10.2 Å². The molecule has 1 aliphatic heterocycles. The topological polar surface area (TPSA) is 43.7 Å². The predicted octanol–water partition coefficient (Wildman–Crippen LogP) is 0.646. The maximum Gasteiger partial charge on any atom is 0.0938 e. The van der Waals surface area contributed by atoms with Crippen LogP contribution in [-0.4, -0.2) is 40.4 Å². The largest absolute Gasteiger partial charge is 0.389 e. The van der Waals surface area contributed by atoms with Crippen molar-refractivity contribution in [3.05, 3.63) is 35.9 Å². The van der Waals surface area contributed by atoms with Crippen molar-refractivity contribution in [3.8, 4) is 0 Å². The number of aliphatic hydroxyl groups excluding tert-OH is 2. The van der Waals surface area contributed by atoms with Crippen LogP contribution in [0.25, 0.3) is 0 Å². The van der Waals surface area contributed by atoms with Crippen LogP contribution in [-0.2, 0) is 6.54 Å². The van der Waals surface area contributed by atoms with Gasteiger partial charge in [-0.1, -0.05) is 30.3 Å². The van der Waals surface area contributed by atoms with E-state index in [1.54, 1.807) is 0 Å². The standard InChI is InChI=1S/C11H15NO2.ClH/c13-10-7-12(8-11(10)14)6-9-4-2-1-3-5-9;/h1-5,10-11,13-14H,6-8H2;1H/t10-,11-;/m1./s1. The number of nitrogens with zero attached hydrogens (tertiary/aromatic N) is 1. The van der Waals surface area contributed by atoms with Gasteiger partial charge in [0.2, 0.25) is 0 Å². The zero-order valence-electron chi connectivity index (χ0n) is 8.41. The highest BCUT2D eigenvalue weighted by atomic mass is 35.5. The quantitative estimate of drug-likeness (QED) is 0.783. The van der Waals surface area contributed by atoms with Gasteiger partial charge in [-0.05, 0) is 5.56 Å². The van der Waals surface area contributed by atoms with Gasteiger partial charge in [-0.2, -0.15) is 0 Å². The summed E-state index contributed by atoms with van der Waals surface area (Å²) in [6, 6.07) is 10.1. The van der Waals surface area contributed by atoms with Gasteiger partial charge in [-0.3, -0.25) is 4.90 Å². The predicted molar refractivity (Wildman–Crippen MR) is 61.0 cm³/mol. The second-order valence-electron chi connectivity index (χ2n) is 3.81. The normalized spacial score (nSPS) is 26.3. The van der Waals surface area contributed by atoms with E-state index in [0.29, 0.717) is 13.1 Å². The van der Waals surface area contributed by atoms with Crippen molar-refractivity contribution in [2.24, 2.45) is 0 Å². The first-order valence-corrected chi connectivity index (χ1v) is 4.88. The van der Waals surface area contributed by atoms with Gasteiger partial charge in [-0.15, -0.1) is 12.4 Å². The van der Waals surface area contributed by atoms with Gasteiger partial charge in [0.25, 0.3) is 0 Å². The van der Waals surface area contributed by atoms with E-state index in [4.69, 9.17) is 0 Å². The molecule has 2 N–H and O–H groups in total. The number of benzene rings is 1. The van der Waals surface area contributed by atoms with E-state index in [1.807, 2.05) is 18.2 Å². The third kappa shape index (κ3) is 3.18. The van der Waals surface area contributed by atoms with Crippen LogP contribution in [0.5, 0.6) is 0 Å². The van der Waals surface area contributed by atoms with Gasteiger partial charge in [0.05, 0.1) is 12.2 Å². The molecule has 4 heteroatoms. The molecule has 1 saturated heterocycles. The summed E-state index contributed by atoms with van der Waals surface area (Å²) >= 11 is 0. The van der Waals surface area contributed by atoms with E-state index in [9.17, 15) is 10.2 Å². The van der Waals surface area contributed by atoms with Crippen molar-refractivity contribution in [3.63, 3.8) is 0 Å². The molecule has 0 aliphatic carbocycles. The molecule has 1 heterocycles. The highest BCUT2D eigenvalue weighted by Gasteiger charge is 2.28. The van der Waals surface area contributed by atoms with Crippen LogP contribution in [0.4, 0.5) is 0 Å². The van der Waals surface area contributed by atoms with Crippen LogP contribution in [0.3, 0.4) is 0 Å². The second-order valence-corrected chi connectivity index (χ2v) is 3.81. The van der Waals surface area contributed by atoms with Crippen LogP contribution >= 0.6 is 12.4 Å². The third-order valence-electron chi connectivity index (χ3n) is 2.58. The summed E-state index contributed by atoms with van der Waals surface area (Å²) in [5.74, 6) is 0. The molecule has 1 aromatic rings. The van der Waals surface area contributed by atoms with Crippen LogP contribution in [0, 0.1) is 0 Å². The van der Waals surface area contributed by atoms with Crippen LogP contribution in [0.15, 0.2) is 30.3 Å². The Balaban J connectivity index is 0.00000112. The third-order valence-corrected chi connectivity index (χ3v) is 2.58. The lowest BCUT2D eigenvalue weighted by Gasteiger charge is -2.14.